The van der Waals surface area contributed by atoms with Crippen LogP contribution in [0.4, 0.5) is 0 Å². The van der Waals surface area contributed by atoms with Gasteiger partial charge < -0.3 is 5.11 Å². The maximum absolute atomic E-state index is 10.9. The molecule has 12 heavy (non-hydrogen) atoms. The molecule has 0 heterocycles. The number of allylic oxidation sites excluding steroid dienone is 3. The van der Waals surface area contributed by atoms with Gasteiger partial charge in [-0.15, -0.1) is 0 Å². The van der Waals surface area contributed by atoms with E-state index in [0.29, 0.717) is 12.0 Å². The van der Waals surface area contributed by atoms with E-state index >= 15 is 0 Å². The molecule has 3 heteroatoms. The fraction of sp³-hybridized carbons (Fsp3) is 0.333. The molecule has 0 unspecified atom stereocenters. The molecule has 0 bridgehead atoms. The highest BCUT2D eigenvalue weighted by atomic mass is 16.3. The minimum Gasteiger partial charge on any atom is -0.523 e. The summed E-state index contributed by atoms with van der Waals surface area (Å²) >= 11 is 0. The van der Waals surface area contributed by atoms with Gasteiger partial charge in [0.25, 0.3) is 0 Å². The summed E-state index contributed by atoms with van der Waals surface area (Å²) in [6, 6.07) is 0. The highest BCUT2D eigenvalue weighted by molar-refractivity contribution is 5.94. The Kier molecular flexibility index (Phi) is 2.29. The van der Waals surface area contributed by atoms with Crippen molar-refractivity contribution < 1.29 is 9.90 Å². The second kappa shape index (κ2) is 3.22. The number of aliphatic hydroxyl groups excluding tert-OH is 1. The van der Waals surface area contributed by atoms with Gasteiger partial charge in [-0.2, -0.15) is 0 Å². The second-order valence-electron chi connectivity index (χ2n) is 2.57. The lowest BCUT2D eigenvalue weighted by molar-refractivity contribution is -0.114. The molecular weight excluding hydrogens is 154 g/mol. The molecule has 0 aromatic rings. The van der Waals surface area contributed by atoms with E-state index in [0.717, 1.165) is 0 Å². The standard InChI is InChI=1S/C9H9NO2/c1-3-6-4-7(11)5-8(12)9(6)10-2/h4,12H,3,5H2,1H3. The first-order chi connectivity index (χ1) is 5.69. The van der Waals surface area contributed by atoms with Crippen LogP contribution in [0.15, 0.2) is 23.1 Å². The molecule has 0 spiro atoms. The number of carbonyl (C=O) groups is 1. The molecule has 62 valence electrons. The third-order valence-electron chi connectivity index (χ3n) is 1.75. The van der Waals surface area contributed by atoms with E-state index in [1.807, 2.05) is 6.92 Å². The Balaban J connectivity index is 3.11. The molecule has 1 aliphatic carbocycles. The van der Waals surface area contributed by atoms with Crippen LogP contribution in [0, 0.1) is 6.57 Å². The van der Waals surface area contributed by atoms with Gasteiger partial charge in [0, 0.05) is 0 Å². The Morgan fingerprint density at radius 2 is 2.42 bits per heavy atom. The number of hydrogen-bond acceptors (Lipinski definition) is 2. The van der Waals surface area contributed by atoms with E-state index in [4.69, 9.17) is 6.57 Å². The maximum Gasteiger partial charge on any atom is 0.227 e. The normalized spacial score (nSPS) is 17.3. The van der Waals surface area contributed by atoms with Crippen molar-refractivity contribution in [3.8, 4) is 0 Å². The van der Waals surface area contributed by atoms with E-state index in [-0.39, 0.29) is 23.7 Å². The van der Waals surface area contributed by atoms with Crippen molar-refractivity contribution in [3.63, 3.8) is 0 Å². The number of nitrogens with zero attached hydrogens (tertiary/aromatic N) is 1. The molecule has 0 aromatic carbocycles. The smallest absolute Gasteiger partial charge is 0.227 e. The first-order valence-corrected chi connectivity index (χ1v) is 3.72. The van der Waals surface area contributed by atoms with E-state index in [2.05, 4.69) is 4.85 Å². The largest absolute Gasteiger partial charge is 0.523 e. The van der Waals surface area contributed by atoms with Gasteiger partial charge in [-0.05, 0) is 18.1 Å². The number of ketones is 1. The summed E-state index contributed by atoms with van der Waals surface area (Å²) in [4.78, 5) is 14.1. The Morgan fingerprint density at radius 1 is 1.75 bits per heavy atom. The fourth-order valence-corrected chi connectivity index (χ4v) is 1.15. The Morgan fingerprint density at radius 3 is 2.92 bits per heavy atom. The zero-order chi connectivity index (χ0) is 9.14. The third-order valence-corrected chi connectivity index (χ3v) is 1.75. The zero-order valence-corrected chi connectivity index (χ0v) is 6.79. The average molecular weight is 163 g/mol. The highest BCUT2D eigenvalue weighted by Crippen LogP contribution is 2.24. The Labute approximate surface area is 70.8 Å². The van der Waals surface area contributed by atoms with Crippen LogP contribution >= 0.6 is 0 Å². The number of aliphatic hydroxyl groups is 1. The summed E-state index contributed by atoms with van der Waals surface area (Å²) in [5, 5.41) is 9.25. The van der Waals surface area contributed by atoms with E-state index in [1.54, 1.807) is 0 Å². The molecule has 0 atom stereocenters. The van der Waals surface area contributed by atoms with Crippen LogP contribution in [0.2, 0.25) is 0 Å². The number of hydrogen-bond donors (Lipinski definition) is 1. The Hall–Kier alpha value is -1.56. The van der Waals surface area contributed by atoms with Gasteiger partial charge in [-0.1, -0.05) is 6.92 Å². The van der Waals surface area contributed by atoms with Gasteiger partial charge in [0.15, 0.2) is 5.78 Å². The van der Waals surface area contributed by atoms with Crippen molar-refractivity contribution in [3.05, 3.63) is 34.5 Å². The van der Waals surface area contributed by atoms with Crippen LogP contribution in [-0.2, 0) is 4.79 Å². The molecule has 0 amide bonds. The van der Waals surface area contributed by atoms with Gasteiger partial charge in [0.2, 0.25) is 5.70 Å². The predicted molar refractivity (Wildman–Crippen MR) is 44.3 cm³/mol. The van der Waals surface area contributed by atoms with Gasteiger partial charge in [0.05, 0.1) is 13.0 Å². The maximum atomic E-state index is 10.9. The van der Waals surface area contributed by atoms with E-state index in [9.17, 15) is 9.90 Å². The summed E-state index contributed by atoms with van der Waals surface area (Å²) in [6.07, 6.45) is 2.02. The Bertz CT molecular complexity index is 318. The molecule has 0 saturated heterocycles. The molecule has 3 nitrogen and oxygen atoms in total. The second-order valence-corrected chi connectivity index (χ2v) is 2.57. The molecule has 0 aliphatic heterocycles. The highest BCUT2D eigenvalue weighted by Gasteiger charge is 2.18. The number of rotatable bonds is 1. The summed E-state index contributed by atoms with van der Waals surface area (Å²) < 4.78 is 0. The summed E-state index contributed by atoms with van der Waals surface area (Å²) in [7, 11) is 0. The minimum atomic E-state index is -0.128. The molecule has 0 aromatic heterocycles. The van der Waals surface area contributed by atoms with Gasteiger partial charge in [-0.25, -0.2) is 4.85 Å². The SMILES string of the molecule is [C-]#[N+]C1=C(O)CC(=O)C=C1CC. The average Bonchev–Trinajstić information content (AvgIpc) is 2.03. The van der Waals surface area contributed by atoms with Crippen molar-refractivity contribution in [2.75, 3.05) is 0 Å². The van der Waals surface area contributed by atoms with Gasteiger partial charge >= 0.3 is 0 Å². The predicted octanol–water partition coefficient (Wildman–Crippen LogP) is 1.98. The van der Waals surface area contributed by atoms with E-state index < -0.39 is 0 Å². The molecule has 0 fully saturated rings. The third kappa shape index (κ3) is 1.37. The van der Waals surface area contributed by atoms with Crippen LogP contribution in [0.5, 0.6) is 0 Å². The lowest BCUT2D eigenvalue weighted by Crippen LogP contribution is -2.06. The summed E-state index contributed by atoms with van der Waals surface area (Å²) in [5.41, 5.74) is 0.885. The quantitative estimate of drug-likeness (QED) is 0.600. The fourth-order valence-electron chi connectivity index (χ4n) is 1.15. The van der Waals surface area contributed by atoms with Crippen LogP contribution < -0.4 is 0 Å². The zero-order valence-electron chi connectivity index (χ0n) is 6.79. The first-order valence-electron chi connectivity index (χ1n) is 3.72. The van der Waals surface area contributed by atoms with E-state index in [1.165, 1.54) is 6.08 Å². The molecule has 1 aliphatic rings. The van der Waals surface area contributed by atoms with Crippen molar-refractivity contribution in [2.24, 2.45) is 0 Å². The van der Waals surface area contributed by atoms with Gasteiger partial charge in [-0.3, -0.25) is 4.79 Å². The molecule has 0 saturated carbocycles. The van der Waals surface area contributed by atoms with Crippen LogP contribution in [0.1, 0.15) is 19.8 Å². The lowest BCUT2D eigenvalue weighted by Gasteiger charge is -2.10. The van der Waals surface area contributed by atoms with Crippen molar-refractivity contribution in [1.29, 1.82) is 0 Å². The van der Waals surface area contributed by atoms with Crippen LogP contribution in [0.25, 0.3) is 4.85 Å². The van der Waals surface area contributed by atoms with Crippen molar-refractivity contribution in [2.45, 2.75) is 19.8 Å². The van der Waals surface area contributed by atoms with Gasteiger partial charge in [0.1, 0.15) is 5.76 Å². The van der Waals surface area contributed by atoms with Crippen LogP contribution in [0.3, 0.4) is 0 Å². The summed E-state index contributed by atoms with van der Waals surface area (Å²) in [6.45, 7) is 8.63. The molecule has 0 radical (unpaired) electrons. The molecular formula is C9H9NO2. The summed E-state index contributed by atoms with van der Waals surface area (Å²) in [5.74, 6) is -0.217. The van der Waals surface area contributed by atoms with Crippen LogP contribution in [-0.4, -0.2) is 10.9 Å². The lowest BCUT2D eigenvalue weighted by atomic mass is 9.99. The topological polar surface area (TPSA) is 41.7 Å². The van der Waals surface area contributed by atoms with Crippen molar-refractivity contribution >= 4 is 5.78 Å². The first kappa shape index (κ1) is 8.54. The molecule has 1 N–H and O–H groups in total. The van der Waals surface area contributed by atoms with Crippen molar-refractivity contribution in [1.82, 2.24) is 0 Å². The molecule has 1 rings (SSSR count). The minimum absolute atomic E-state index is 0.0266. The number of carbonyl (C=O) groups excluding carboxylic acids is 1. The monoisotopic (exact) mass is 163 g/mol.